The molecule has 0 saturated heterocycles. The molecule has 16 heavy (non-hydrogen) atoms. The lowest BCUT2D eigenvalue weighted by Gasteiger charge is -2.10. The van der Waals surface area contributed by atoms with E-state index in [1.807, 2.05) is 24.3 Å². The van der Waals surface area contributed by atoms with Crippen molar-refractivity contribution >= 4 is 22.9 Å². The Hall–Kier alpha value is -0.830. The van der Waals surface area contributed by atoms with Crippen molar-refractivity contribution < 1.29 is 0 Å². The smallest absolute Gasteiger partial charge is 0.0931 e. The van der Waals surface area contributed by atoms with E-state index in [1.54, 1.807) is 11.3 Å². The Morgan fingerprint density at radius 3 is 2.44 bits per heavy atom. The molecular weight excluding hydrogens is 238 g/mol. The lowest BCUT2D eigenvalue weighted by molar-refractivity contribution is 0.671. The fourth-order valence-corrected chi connectivity index (χ4v) is 2.89. The van der Waals surface area contributed by atoms with Gasteiger partial charge in [0.05, 0.1) is 4.34 Å². The van der Waals surface area contributed by atoms with Crippen LogP contribution in [0.25, 0.3) is 0 Å². The summed E-state index contributed by atoms with van der Waals surface area (Å²) < 4.78 is 0.835. The Balaban J connectivity index is 1.92. The maximum Gasteiger partial charge on any atom is 0.0931 e. The first-order valence-corrected chi connectivity index (χ1v) is 6.47. The molecule has 0 bridgehead atoms. The highest BCUT2D eigenvalue weighted by Gasteiger charge is 2.07. The van der Waals surface area contributed by atoms with Gasteiger partial charge in [0.15, 0.2) is 0 Å². The van der Waals surface area contributed by atoms with Gasteiger partial charge in [0.25, 0.3) is 0 Å². The van der Waals surface area contributed by atoms with Crippen LogP contribution in [-0.2, 0) is 12.8 Å². The van der Waals surface area contributed by atoms with E-state index in [1.165, 1.54) is 10.4 Å². The molecule has 0 aliphatic rings. The Bertz CT molecular complexity index is 438. The van der Waals surface area contributed by atoms with E-state index in [9.17, 15) is 0 Å². The first-order chi connectivity index (χ1) is 7.74. The highest BCUT2D eigenvalue weighted by atomic mass is 35.5. The Morgan fingerprint density at radius 1 is 1.06 bits per heavy atom. The van der Waals surface area contributed by atoms with Crippen LogP contribution in [0.5, 0.6) is 0 Å². The normalized spacial score (nSPS) is 12.6. The standard InChI is InChI=1S/C13H14ClNS/c14-13-7-6-12(16-13)9-11(15)8-10-4-2-1-3-5-10/h1-7,11H,8-9,15H2. The van der Waals surface area contributed by atoms with Gasteiger partial charge in [-0.1, -0.05) is 41.9 Å². The van der Waals surface area contributed by atoms with Gasteiger partial charge < -0.3 is 5.73 Å². The summed E-state index contributed by atoms with van der Waals surface area (Å²) in [4.78, 5) is 1.26. The second-order valence-electron chi connectivity index (χ2n) is 3.86. The number of hydrogen-bond acceptors (Lipinski definition) is 2. The Labute approximate surface area is 105 Å². The maximum atomic E-state index is 6.11. The minimum Gasteiger partial charge on any atom is -0.327 e. The van der Waals surface area contributed by atoms with Crippen molar-refractivity contribution in [3.63, 3.8) is 0 Å². The quantitative estimate of drug-likeness (QED) is 0.884. The van der Waals surface area contributed by atoms with Crippen molar-refractivity contribution in [1.82, 2.24) is 0 Å². The monoisotopic (exact) mass is 251 g/mol. The highest BCUT2D eigenvalue weighted by molar-refractivity contribution is 7.16. The van der Waals surface area contributed by atoms with Crippen LogP contribution in [0.3, 0.4) is 0 Å². The van der Waals surface area contributed by atoms with Crippen LogP contribution in [0, 0.1) is 0 Å². The van der Waals surface area contributed by atoms with E-state index in [0.29, 0.717) is 0 Å². The van der Waals surface area contributed by atoms with Crippen molar-refractivity contribution in [2.75, 3.05) is 0 Å². The van der Waals surface area contributed by atoms with Gasteiger partial charge in [-0.3, -0.25) is 0 Å². The number of nitrogens with two attached hydrogens (primary N) is 1. The molecule has 0 saturated carbocycles. The van der Waals surface area contributed by atoms with Crippen LogP contribution < -0.4 is 5.73 Å². The van der Waals surface area contributed by atoms with E-state index >= 15 is 0 Å². The molecule has 84 valence electrons. The van der Waals surface area contributed by atoms with Gasteiger partial charge in [-0.15, -0.1) is 11.3 Å². The molecule has 0 aliphatic heterocycles. The molecule has 3 heteroatoms. The van der Waals surface area contributed by atoms with Gasteiger partial charge in [0, 0.05) is 10.9 Å². The Morgan fingerprint density at radius 2 is 1.81 bits per heavy atom. The second-order valence-corrected chi connectivity index (χ2v) is 5.66. The molecule has 2 aromatic rings. The van der Waals surface area contributed by atoms with Crippen LogP contribution in [0.2, 0.25) is 4.34 Å². The molecule has 1 heterocycles. The number of benzene rings is 1. The lowest BCUT2D eigenvalue weighted by atomic mass is 10.0. The summed E-state index contributed by atoms with van der Waals surface area (Å²) in [5, 5.41) is 0. The second kappa shape index (κ2) is 5.48. The third-order valence-corrected chi connectivity index (χ3v) is 3.69. The zero-order valence-electron chi connectivity index (χ0n) is 8.90. The van der Waals surface area contributed by atoms with Crippen LogP contribution in [-0.4, -0.2) is 6.04 Å². The van der Waals surface area contributed by atoms with Crippen LogP contribution in [0.4, 0.5) is 0 Å². The van der Waals surface area contributed by atoms with Crippen molar-refractivity contribution in [3.05, 3.63) is 57.2 Å². The summed E-state index contributed by atoms with van der Waals surface area (Å²) in [6.45, 7) is 0. The van der Waals surface area contributed by atoms with Gasteiger partial charge in [-0.2, -0.15) is 0 Å². The first kappa shape index (κ1) is 11.6. The molecule has 1 unspecified atom stereocenters. The summed E-state index contributed by atoms with van der Waals surface area (Å²) >= 11 is 7.49. The molecule has 0 aliphatic carbocycles. The van der Waals surface area contributed by atoms with Gasteiger partial charge >= 0.3 is 0 Å². The minimum atomic E-state index is 0.164. The number of hydrogen-bond donors (Lipinski definition) is 1. The molecule has 1 nitrogen and oxygen atoms in total. The third kappa shape index (κ3) is 3.34. The first-order valence-electron chi connectivity index (χ1n) is 5.28. The predicted octanol–water partition coefficient (Wildman–Crippen LogP) is 3.51. The minimum absolute atomic E-state index is 0.164. The summed E-state index contributed by atoms with van der Waals surface area (Å²) in [6.07, 6.45) is 1.81. The SMILES string of the molecule is NC(Cc1ccccc1)Cc1ccc(Cl)s1. The van der Waals surface area contributed by atoms with Crippen molar-refractivity contribution in [3.8, 4) is 0 Å². The van der Waals surface area contributed by atoms with E-state index in [-0.39, 0.29) is 6.04 Å². The highest BCUT2D eigenvalue weighted by Crippen LogP contribution is 2.22. The zero-order valence-corrected chi connectivity index (χ0v) is 10.5. The lowest BCUT2D eigenvalue weighted by Crippen LogP contribution is -2.24. The largest absolute Gasteiger partial charge is 0.327 e. The molecule has 0 fully saturated rings. The van der Waals surface area contributed by atoms with E-state index in [4.69, 9.17) is 17.3 Å². The molecule has 0 amide bonds. The van der Waals surface area contributed by atoms with Crippen LogP contribution in [0.1, 0.15) is 10.4 Å². The average Bonchev–Trinajstić information content (AvgIpc) is 2.65. The van der Waals surface area contributed by atoms with E-state index in [2.05, 4.69) is 18.2 Å². The average molecular weight is 252 g/mol. The zero-order chi connectivity index (χ0) is 11.4. The molecule has 1 aromatic heterocycles. The van der Waals surface area contributed by atoms with Crippen molar-refractivity contribution in [2.24, 2.45) is 5.73 Å². The van der Waals surface area contributed by atoms with E-state index in [0.717, 1.165) is 17.2 Å². The number of halogens is 1. The molecular formula is C13H14ClNS. The van der Waals surface area contributed by atoms with Gasteiger partial charge in [0.1, 0.15) is 0 Å². The molecule has 0 radical (unpaired) electrons. The predicted molar refractivity (Wildman–Crippen MR) is 71.2 cm³/mol. The molecule has 2 rings (SSSR count). The van der Waals surface area contributed by atoms with Crippen LogP contribution >= 0.6 is 22.9 Å². The van der Waals surface area contributed by atoms with Gasteiger partial charge in [-0.05, 0) is 30.5 Å². The van der Waals surface area contributed by atoms with Gasteiger partial charge in [0.2, 0.25) is 0 Å². The topological polar surface area (TPSA) is 26.0 Å². The third-order valence-electron chi connectivity index (χ3n) is 2.43. The molecule has 0 spiro atoms. The summed E-state index contributed by atoms with van der Waals surface area (Å²) in [5.41, 5.74) is 7.40. The van der Waals surface area contributed by atoms with Gasteiger partial charge in [-0.25, -0.2) is 0 Å². The maximum absolute atomic E-state index is 6.11. The molecule has 1 aromatic carbocycles. The van der Waals surface area contributed by atoms with E-state index < -0.39 is 0 Å². The number of thiophene rings is 1. The van der Waals surface area contributed by atoms with Crippen molar-refractivity contribution in [2.45, 2.75) is 18.9 Å². The fraction of sp³-hybridized carbons (Fsp3) is 0.231. The Kier molecular flexibility index (Phi) is 3.99. The number of rotatable bonds is 4. The summed E-state index contributed by atoms with van der Waals surface area (Å²) in [5.74, 6) is 0. The van der Waals surface area contributed by atoms with Crippen LogP contribution in [0.15, 0.2) is 42.5 Å². The summed E-state index contributed by atoms with van der Waals surface area (Å²) in [7, 11) is 0. The molecule has 2 N–H and O–H groups in total. The fourth-order valence-electron chi connectivity index (χ4n) is 1.71. The molecule has 1 atom stereocenters. The summed E-state index contributed by atoms with van der Waals surface area (Å²) in [6, 6.07) is 14.5. The van der Waals surface area contributed by atoms with Crippen molar-refractivity contribution in [1.29, 1.82) is 0 Å².